The quantitative estimate of drug-likeness (QED) is 0.281. The van der Waals surface area contributed by atoms with Gasteiger partial charge in [-0.2, -0.15) is 0 Å². The number of carbonyl (C=O) groups is 2. The summed E-state index contributed by atoms with van der Waals surface area (Å²) >= 11 is 2.68. The molecule has 1 aromatic carbocycles. The number of nitrogens with two attached hydrogens (primary N) is 1. The highest BCUT2D eigenvalue weighted by Crippen LogP contribution is 2.45. The second kappa shape index (κ2) is 10.5. The van der Waals surface area contributed by atoms with E-state index in [1.54, 1.807) is 11.3 Å². The number of carboxylic acid groups (broad SMARTS) is 1. The molecule has 1 aliphatic heterocycles. The number of pyridine rings is 1. The highest BCUT2D eigenvalue weighted by atomic mass is 32.1. The van der Waals surface area contributed by atoms with Gasteiger partial charge in [-0.3, -0.25) is 4.79 Å². The van der Waals surface area contributed by atoms with Crippen LogP contribution in [0.25, 0.3) is 20.7 Å². The molecule has 3 aromatic heterocycles. The second-order valence-electron chi connectivity index (χ2n) is 10.3. The maximum absolute atomic E-state index is 13.2. The molecule has 0 spiro atoms. The summed E-state index contributed by atoms with van der Waals surface area (Å²) < 4.78 is 0. The topological polar surface area (TPSA) is 109 Å². The number of carbonyl (C=O) groups excluding carboxylic acids is 1. The van der Waals surface area contributed by atoms with Gasteiger partial charge in [0.25, 0.3) is 0 Å². The average Bonchev–Trinajstić information content (AvgIpc) is 3.67. The van der Waals surface area contributed by atoms with Crippen LogP contribution in [0.5, 0.6) is 0 Å². The average molecular weight is 547 g/mol. The van der Waals surface area contributed by atoms with E-state index >= 15 is 0 Å². The number of anilines is 1. The Morgan fingerprint density at radius 3 is 2.58 bits per heavy atom. The molecule has 1 aliphatic carbocycles. The first-order valence-electron chi connectivity index (χ1n) is 13.0. The number of thiophene rings is 2. The first-order valence-corrected chi connectivity index (χ1v) is 14.7. The molecule has 38 heavy (non-hydrogen) atoms. The molecule has 0 unspecified atom stereocenters. The number of carboxylic acids is 1. The summed E-state index contributed by atoms with van der Waals surface area (Å²) in [6.45, 7) is 1.19. The summed E-state index contributed by atoms with van der Waals surface area (Å²) in [5.74, 6) is -0.266. The summed E-state index contributed by atoms with van der Waals surface area (Å²) in [7, 11) is 0. The van der Waals surface area contributed by atoms with Crippen LogP contribution in [-0.2, 0) is 24.3 Å². The van der Waals surface area contributed by atoms with Gasteiger partial charge < -0.3 is 21.1 Å². The Hall–Kier alpha value is -3.27. The van der Waals surface area contributed by atoms with Gasteiger partial charge in [0.05, 0.1) is 24.5 Å². The number of aromatic nitrogens is 1. The Labute approximate surface area is 229 Å². The molecule has 0 saturated heterocycles. The van der Waals surface area contributed by atoms with Crippen molar-refractivity contribution in [3.63, 3.8) is 0 Å². The van der Waals surface area contributed by atoms with Crippen LogP contribution in [0.15, 0.2) is 47.8 Å². The summed E-state index contributed by atoms with van der Waals surface area (Å²) in [6.07, 6.45) is 5.68. The highest BCUT2D eigenvalue weighted by molar-refractivity contribution is 7.21. The van der Waals surface area contributed by atoms with Crippen LogP contribution in [0, 0.1) is 5.92 Å². The van der Waals surface area contributed by atoms with Crippen molar-refractivity contribution >= 4 is 50.5 Å². The van der Waals surface area contributed by atoms with Crippen LogP contribution in [0.1, 0.15) is 52.2 Å². The standard InChI is InChI=1S/C29H30N4O3S2/c30-26-25-24(22-7-4-12-37-22)20-15-33(16-21(20)32-28(25)38-27(26)29(35)36)23(34)14-31-19-10-8-18(9-11-19)13-17-5-2-1-3-6-17/h1-7,12,18-19,31H,8-11,13-16,30H2,(H,35,36). The van der Waals surface area contributed by atoms with Crippen LogP contribution in [0.4, 0.5) is 5.69 Å². The zero-order valence-electron chi connectivity index (χ0n) is 21.0. The lowest BCUT2D eigenvalue weighted by Gasteiger charge is -2.29. The van der Waals surface area contributed by atoms with E-state index in [0.29, 0.717) is 41.8 Å². The van der Waals surface area contributed by atoms with Gasteiger partial charge in [-0.15, -0.1) is 22.7 Å². The van der Waals surface area contributed by atoms with Gasteiger partial charge in [0.1, 0.15) is 9.71 Å². The minimum atomic E-state index is -1.04. The summed E-state index contributed by atoms with van der Waals surface area (Å²) in [4.78, 5) is 33.3. The Kier molecular flexibility index (Phi) is 6.90. The number of nitrogens with zero attached hydrogens (tertiary/aromatic N) is 2. The molecule has 0 bridgehead atoms. The maximum atomic E-state index is 13.2. The molecular formula is C29H30N4O3S2. The SMILES string of the molecule is Nc1c(C(=O)O)sc2nc3c(c(-c4cccs4)c12)CN(C(=O)CNC1CCC(Cc2ccccc2)CC1)C3. The van der Waals surface area contributed by atoms with E-state index in [2.05, 4.69) is 35.6 Å². The van der Waals surface area contributed by atoms with Gasteiger partial charge in [0, 0.05) is 34.0 Å². The van der Waals surface area contributed by atoms with Crippen molar-refractivity contribution in [1.82, 2.24) is 15.2 Å². The minimum Gasteiger partial charge on any atom is -0.477 e. The van der Waals surface area contributed by atoms with Gasteiger partial charge in [0.15, 0.2) is 0 Å². The van der Waals surface area contributed by atoms with Crippen LogP contribution in [0.3, 0.4) is 0 Å². The Balaban J connectivity index is 1.12. The number of amides is 1. The fourth-order valence-corrected chi connectivity index (χ4v) is 7.62. The zero-order valence-corrected chi connectivity index (χ0v) is 22.6. The highest BCUT2D eigenvalue weighted by Gasteiger charge is 2.32. The molecule has 9 heteroatoms. The van der Waals surface area contributed by atoms with Gasteiger partial charge in [0.2, 0.25) is 5.91 Å². The van der Waals surface area contributed by atoms with Crippen LogP contribution >= 0.6 is 22.7 Å². The third-order valence-corrected chi connectivity index (χ3v) is 9.80. The number of benzene rings is 1. The number of fused-ring (bicyclic) bond motifs is 2. The minimum absolute atomic E-state index is 0.0640. The molecule has 6 rings (SSSR count). The van der Waals surface area contributed by atoms with E-state index in [9.17, 15) is 14.7 Å². The van der Waals surface area contributed by atoms with Crippen LogP contribution in [0.2, 0.25) is 0 Å². The van der Waals surface area contributed by atoms with E-state index in [1.165, 1.54) is 18.4 Å². The molecule has 196 valence electrons. The maximum Gasteiger partial charge on any atom is 0.348 e. The van der Waals surface area contributed by atoms with Crippen molar-refractivity contribution in [2.24, 2.45) is 5.92 Å². The van der Waals surface area contributed by atoms with Gasteiger partial charge >= 0.3 is 5.97 Å². The molecule has 4 N–H and O–H groups in total. The lowest BCUT2D eigenvalue weighted by Crippen LogP contribution is -2.41. The van der Waals surface area contributed by atoms with Gasteiger partial charge in [-0.25, -0.2) is 9.78 Å². The molecule has 0 atom stereocenters. The number of nitrogens with one attached hydrogen (secondary N) is 1. The van der Waals surface area contributed by atoms with E-state index in [0.717, 1.165) is 52.3 Å². The predicted molar refractivity (Wildman–Crippen MR) is 152 cm³/mol. The molecule has 4 heterocycles. The molecule has 7 nitrogen and oxygen atoms in total. The monoisotopic (exact) mass is 546 g/mol. The smallest absolute Gasteiger partial charge is 0.348 e. The number of rotatable bonds is 7. The molecule has 1 amide bonds. The molecule has 1 saturated carbocycles. The normalized spacial score (nSPS) is 19.1. The Morgan fingerprint density at radius 2 is 1.87 bits per heavy atom. The van der Waals surface area contributed by atoms with Crippen molar-refractivity contribution in [3.05, 3.63) is 69.5 Å². The molecule has 1 fully saturated rings. The first kappa shape index (κ1) is 25.0. The summed E-state index contributed by atoms with van der Waals surface area (Å²) in [5.41, 5.74) is 10.7. The predicted octanol–water partition coefficient (Wildman–Crippen LogP) is 5.54. The Morgan fingerprint density at radius 1 is 1.08 bits per heavy atom. The molecule has 2 aliphatic rings. The lowest BCUT2D eigenvalue weighted by molar-refractivity contribution is -0.131. The largest absolute Gasteiger partial charge is 0.477 e. The molecule has 0 radical (unpaired) electrons. The van der Waals surface area contributed by atoms with E-state index in [1.807, 2.05) is 22.4 Å². The summed E-state index contributed by atoms with van der Waals surface area (Å²) in [6, 6.07) is 15.0. The molecule has 4 aromatic rings. The summed E-state index contributed by atoms with van der Waals surface area (Å²) in [5, 5.41) is 15.8. The number of hydrogen-bond donors (Lipinski definition) is 3. The van der Waals surface area contributed by atoms with E-state index < -0.39 is 5.97 Å². The van der Waals surface area contributed by atoms with Crippen molar-refractivity contribution in [3.8, 4) is 10.4 Å². The fourth-order valence-electron chi connectivity index (χ4n) is 5.86. The zero-order chi connectivity index (χ0) is 26.2. The van der Waals surface area contributed by atoms with Crippen molar-refractivity contribution in [1.29, 1.82) is 0 Å². The van der Waals surface area contributed by atoms with Gasteiger partial charge in [-0.1, -0.05) is 36.4 Å². The number of aromatic carboxylic acids is 1. The van der Waals surface area contributed by atoms with E-state index in [-0.39, 0.29) is 16.5 Å². The second-order valence-corrected chi connectivity index (χ2v) is 12.2. The molecular weight excluding hydrogens is 516 g/mol. The fraction of sp³-hybridized carbons (Fsp3) is 0.345. The lowest BCUT2D eigenvalue weighted by atomic mass is 9.82. The van der Waals surface area contributed by atoms with Crippen LogP contribution < -0.4 is 11.1 Å². The third kappa shape index (κ3) is 4.81. The first-order chi connectivity index (χ1) is 18.5. The van der Waals surface area contributed by atoms with Crippen molar-refractivity contribution in [2.45, 2.75) is 51.2 Å². The number of nitrogen functional groups attached to an aromatic ring is 1. The Bertz CT molecular complexity index is 1480. The van der Waals surface area contributed by atoms with Gasteiger partial charge in [-0.05, 0) is 55.0 Å². The van der Waals surface area contributed by atoms with Crippen molar-refractivity contribution in [2.75, 3.05) is 12.3 Å². The third-order valence-electron chi connectivity index (χ3n) is 7.82. The number of hydrogen-bond acceptors (Lipinski definition) is 7. The van der Waals surface area contributed by atoms with Crippen LogP contribution in [-0.4, -0.2) is 39.5 Å². The van der Waals surface area contributed by atoms with E-state index in [4.69, 9.17) is 10.7 Å². The van der Waals surface area contributed by atoms with Crippen molar-refractivity contribution < 1.29 is 14.7 Å².